The maximum atomic E-state index is 12.5. The molecule has 152 valence electrons. The standard InChI is InChI=1S/C22H29ClN2O3/c1-16(2)20(15-26)25(14-17-7-5-4-6-8-17)12-11-22(27)24-19-13-18(23)9-10-21(19)28-3/h4-10,13,16,20,26H,11-12,14-15H2,1-3H3,(H,24,27). The van der Waals surface area contributed by atoms with Crippen LogP contribution in [0.3, 0.4) is 0 Å². The van der Waals surface area contributed by atoms with Crippen molar-refractivity contribution in [2.45, 2.75) is 32.9 Å². The van der Waals surface area contributed by atoms with Crippen LogP contribution in [0.1, 0.15) is 25.8 Å². The van der Waals surface area contributed by atoms with E-state index in [0.717, 1.165) is 5.56 Å². The van der Waals surface area contributed by atoms with E-state index in [2.05, 4.69) is 36.2 Å². The number of carbonyl (C=O) groups excluding carboxylic acids is 1. The molecule has 0 fully saturated rings. The first-order valence-corrected chi connectivity index (χ1v) is 9.84. The van der Waals surface area contributed by atoms with Gasteiger partial charge in [-0.15, -0.1) is 0 Å². The molecular formula is C22H29ClN2O3. The van der Waals surface area contributed by atoms with Gasteiger partial charge in [0, 0.05) is 30.6 Å². The normalized spacial score (nSPS) is 12.2. The van der Waals surface area contributed by atoms with E-state index in [-0.39, 0.29) is 24.5 Å². The fraction of sp³-hybridized carbons (Fsp3) is 0.409. The molecule has 2 rings (SSSR count). The summed E-state index contributed by atoms with van der Waals surface area (Å²) >= 11 is 6.03. The van der Waals surface area contributed by atoms with Crippen LogP contribution in [0.25, 0.3) is 0 Å². The lowest BCUT2D eigenvalue weighted by Crippen LogP contribution is -2.42. The largest absolute Gasteiger partial charge is 0.495 e. The second-order valence-corrected chi connectivity index (χ2v) is 7.53. The Morgan fingerprint density at radius 3 is 2.54 bits per heavy atom. The molecule has 2 aromatic rings. The number of methoxy groups -OCH3 is 1. The highest BCUT2D eigenvalue weighted by Gasteiger charge is 2.22. The Hall–Kier alpha value is -2.08. The van der Waals surface area contributed by atoms with E-state index < -0.39 is 0 Å². The van der Waals surface area contributed by atoms with Crippen LogP contribution in [-0.2, 0) is 11.3 Å². The Morgan fingerprint density at radius 1 is 1.21 bits per heavy atom. The Labute approximate surface area is 172 Å². The smallest absolute Gasteiger partial charge is 0.225 e. The molecular weight excluding hydrogens is 376 g/mol. The molecule has 1 unspecified atom stereocenters. The van der Waals surface area contributed by atoms with Crippen molar-refractivity contribution in [3.63, 3.8) is 0 Å². The van der Waals surface area contributed by atoms with Gasteiger partial charge in [-0.3, -0.25) is 9.69 Å². The Morgan fingerprint density at radius 2 is 1.93 bits per heavy atom. The van der Waals surface area contributed by atoms with Gasteiger partial charge in [0.05, 0.1) is 19.4 Å². The van der Waals surface area contributed by atoms with E-state index in [9.17, 15) is 9.90 Å². The fourth-order valence-electron chi connectivity index (χ4n) is 3.16. The van der Waals surface area contributed by atoms with E-state index in [0.29, 0.717) is 36.0 Å². The maximum absolute atomic E-state index is 12.5. The van der Waals surface area contributed by atoms with Crippen molar-refractivity contribution in [2.75, 3.05) is 25.6 Å². The highest BCUT2D eigenvalue weighted by molar-refractivity contribution is 6.31. The van der Waals surface area contributed by atoms with Gasteiger partial charge in [0.15, 0.2) is 0 Å². The van der Waals surface area contributed by atoms with Gasteiger partial charge in [0.1, 0.15) is 5.75 Å². The molecule has 0 aliphatic rings. The Kier molecular flexibility index (Phi) is 8.77. The third-order valence-corrected chi connectivity index (χ3v) is 4.95. The first-order valence-electron chi connectivity index (χ1n) is 9.46. The number of aliphatic hydroxyl groups excluding tert-OH is 1. The van der Waals surface area contributed by atoms with Crippen LogP contribution in [0.4, 0.5) is 5.69 Å². The van der Waals surface area contributed by atoms with Crippen molar-refractivity contribution >= 4 is 23.2 Å². The van der Waals surface area contributed by atoms with Gasteiger partial charge in [0.2, 0.25) is 5.91 Å². The summed E-state index contributed by atoms with van der Waals surface area (Å²) in [6.07, 6.45) is 0.297. The highest BCUT2D eigenvalue weighted by Crippen LogP contribution is 2.27. The minimum Gasteiger partial charge on any atom is -0.495 e. The number of benzene rings is 2. The van der Waals surface area contributed by atoms with Gasteiger partial charge in [-0.2, -0.15) is 0 Å². The first kappa shape index (κ1) is 22.2. The van der Waals surface area contributed by atoms with Crippen molar-refractivity contribution < 1.29 is 14.6 Å². The predicted octanol–water partition coefficient (Wildman–Crippen LogP) is 4.20. The van der Waals surface area contributed by atoms with Crippen molar-refractivity contribution in [2.24, 2.45) is 5.92 Å². The number of ether oxygens (including phenoxy) is 1. The second-order valence-electron chi connectivity index (χ2n) is 7.09. The van der Waals surface area contributed by atoms with Gasteiger partial charge in [0.25, 0.3) is 0 Å². The summed E-state index contributed by atoms with van der Waals surface area (Å²) in [5.74, 6) is 0.707. The van der Waals surface area contributed by atoms with E-state index in [4.69, 9.17) is 16.3 Å². The average molecular weight is 405 g/mol. The number of nitrogens with zero attached hydrogens (tertiary/aromatic N) is 1. The van der Waals surface area contributed by atoms with Gasteiger partial charge >= 0.3 is 0 Å². The van der Waals surface area contributed by atoms with Crippen LogP contribution in [-0.4, -0.2) is 42.2 Å². The summed E-state index contributed by atoms with van der Waals surface area (Å²) in [6, 6.07) is 15.2. The summed E-state index contributed by atoms with van der Waals surface area (Å²) in [5, 5.41) is 13.3. The molecule has 2 N–H and O–H groups in total. The summed E-state index contributed by atoms with van der Waals surface area (Å²) < 4.78 is 5.28. The molecule has 0 aliphatic carbocycles. The molecule has 1 atom stereocenters. The van der Waals surface area contributed by atoms with Crippen LogP contribution in [0, 0.1) is 5.92 Å². The lowest BCUT2D eigenvalue weighted by atomic mass is 10.0. The first-order chi connectivity index (χ1) is 13.4. The number of rotatable bonds is 10. The average Bonchev–Trinajstić information content (AvgIpc) is 2.67. The van der Waals surface area contributed by atoms with Crippen LogP contribution >= 0.6 is 11.6 Å². The van der Waals surface area contributed by atoms with Crippen molar-refractivity contribution in [1.82, 2.24) is 4.90 Å². The van der Waals surface area contributed by atoms with E-state index in [1.165, 1.54) is 0 Å². The van der Waals surface area contributed by atoms with Gasteiger partial charge in [-0.05, 0) is 29.7 Å². The lowest BCUT2D eigenvalue weighted by Gasteiger charge is -2.33. The molecule has 0 radical (unpaired) electrons. The quantitative estimate of drug-likeness (QED) is 0.623. The number of hydrogen-bond acceptors (Lipinski definition) is 4. The molecule has 0 aliphatic heterocycles. The highest BCUT2D eigenvalue weighted by atomic mass is 35.5. The number of amides is 1. The molecule has 0 saturated heterocycles. The Bertz CT molecular complexity index is 753. The van der Waals surface area contributed by atoms with Gasteiger partial charge < -0.3 is 15.2 Å². The zero-order chi connectivity index (χ0) is 20.5. The summed E-state index contributed by atoms with van der Waals surface area (Å²) in [5.41, 5.74) is 1.70. The van der Waals surface area contributed by atoms with Crippen molar-refractivity contribution in [1.29, 1.82) is 0 Å². The minimum atomic E-state index is -0.126. The molecule has 2 aromatic carbocycles. The molecule has 0 spiro atoms. The second kappa shape index (κ2) is 11.1. The molecule has 28 heavy (non-hydrogen) atoms. The SMILES string of the molecule is COc1ccc(Cl)cc1NC(=O)CCN(Cc1ccccc1)C(CO)C(C)C. The van der Waals surface area contributed by atoms with Crippen molar-refractivity contribution in [3.8, 4) is 5.75 Å². The topological polar surface area (TPSA) is 61.8 Å². The van der Waals surface area contributed by atoms with Crippen LogP contribution in [0.5, 0.6) is 5.75 Å². The number of anilines is 1. The van der Waals surface area contributed by atoms with Crippen LogP contribution in [0.15, 0.2) is 48.5 Å². The van der Waals surface area contributed by atoms with E-state index >= 15 is 0 Å². The van der Waals surface area contributed by atoms with E-state index in [1.54, 1.807) is 25.3 Å². The number of carbonyl (C=O) groups is 1. The minimum absolute atomic E-state index is 0.0197. The molecule has 0 bridgehead atoms. The van der Waals surface area contributed by atoms with E-state index in [1.807, 2.05) is 18.2 Å². The maximum Gasteiger partial charge on any atom is 0.225 e. The van der Waals surface area contributed by atoms with Crippen LogP contribution < -0.4 is 10.1 Å². The molecule has 0 saturated carbocycles. The zero-order valence-electron chi connectivity index (χ0n) is 16.7. The van der Waals surface area contributed by atoms with Crippen molar-refractivity contribution in [3.05, 3.63) is 59.1 Å². The van der Waals surface area contributed by atoms with Gasteiger partial charge in [-0.1, -0.05) is 55.8 Å². The van der Waals surface area contributed by atoms with Gasteiger partial charge in [-0.25, -0.2) is 0 Å². The number of nitrogens with one attached hydrogen (secondary N) is 1. The monoisotopic (exact) mass is 404 g/mol. The molecule has 0 aromatic heterocycles. The number of aliphatic hydroxyl groups is 1. The van der Waals surface area contributed by atoms with Crippen LogP contribution in [0.2, 0.25) is 5.02 Å². The molecule has 0 heterocycles. The summed E-state index contributed by atoms with van der Waals surface area (Å²) in [6.45, 7) is 5.42. The zero-order valence-corrected chi connectivity index (χ0v) is 17.4. The third kappa shape index (κ3) is 6.51. The Balaban J connectivity index is 2.05. The molecule has 6 heteroatoms. The third-order valence-electron chi connectivity index (χ3n) is 4.72. The molecule has 1 amide bonds. The number of hydrogen-bond donors (Lipinski definition) is 2. The fourth-order valence-corrected chi connectivity index (χ4v) is 3.34. The lowest BCUT2D eigenvalue weighted by molar-refractivity contribution is -0.116. The summed E-state index contributed by atoms with van der Waals surface area (Å²) in [7, 11) is 1.55. The number of halogens is 1. The molecule has 5 nitrogen and oxygen atoms in total. The predicted molar refractivity (Wildman–Crippen MR) is 114 cm³/mol. The summed E-state index contributed by atoms with van der Waals surface area (Å²) in [4.78, 5) is 14.7.